The van der Waals surface area contributed by atoms with Crippen LogP contribution in [0.25, 0.3) is 0 Å². The molecule has 1 nitrogen and oxygen atoms in total. The highest BCUT2D eigenvalue weighted by Gasteiger charge is 2.49. The van der Waals surface area contributed by atoms with Crippen molar-refractivity contribution in [3.05, 3.63) is 97.1 Å². The first-order chi connectivity index (χ1) is 15.0. The van der Waals surface area contributed by atoms with Crippen LogP contribution in [0.4, 0.5) is 0 Å². The lowest BCUT2D eigenvalue weighted by molar-refractivity contribution is 0.339. The number of alkyl halides is 1. The van der Waals surface area contributed by atoms with Crippen molar-refractivity contribution < 1.29 is 4.43 Å². The summed E-state index contributed by atoms with van der Waals surface area (Å²) in [5.74, 6) is 0. The third-order valence-corrected chi connectivity index (χ3v) is 10.9. The van der Waals surface area contributed by atoms with E-state index in [1.54, 1.807) is 0 Å². The van der Waals surface area contributed by atoms with Crippen molar-refractivity contribution in [3.63, 3.8) is 0 Å². The van der Waals surface area contributed by atoms with Crippen molar-refractivity contribution in [2.75, 3.05) is 11.9 Å². The van der Waals surface area contributed by atoms with Gasteiger partial charge in [-0.05, 0) is 41.1 Å². The minimum Gasteiger partial charge on any atom is -0.404 e. The standard InChI is InChI=1S/C28H37BrOSi/c1-28(2,3)31(26-20-14-12-15-21-26,27-22-16-13-17-23-27)30-25-19-11-9-7-5-4-6-8-10-18-24-29/h5-8,11-17,19-23H,4,9-10,18,24-25H2,1-3H3/b7-5+,8-6+,19-11+. The fourth-order valence-electron chi connectivity index (χ4n) is 3.86. The molecule has 0 saturated heterocycles. The second-order valence-corrected chi connectivity index (χ2v) is 13.8. The Balaban J connectivity index is 2.05. The molecule has 2 aromatic carbocycles. The maximum atomic E-state index is 6.86. The fraction of sp³-hybridized carbons (Fsp3) is 0.357. The predicted octanol–water partition coefficient (Wildman–Crippen LogP) is 7.19. The van der Waals surface area contributed by atoms with Crippen molar-refractivity contribution in [1.82, 2.24) is 0 Å². The van der Waals surface area contributed by atoms with Crippen LogP contribution in [0.5, 0.6) is 0 Å². The lowest BCUT2D eigenvalue weighted by Gasteiger charge is -2.42. The van der Waals surface area contributed by atoms with Crippen LogP contribution in [-0.4, -0.2) is 20.3 Å². The zero-order valence-electron chi connectivity index (χ0n) is 19.3. The maximum Gasteiger partial charge on any atom is 0.261 e. The summed E-state index contributed by atoms with van der Waals surface area (Å²) in [6, 6.07) is 21.6. The van der Waals surface area contributed by atoms with E-state index in [0.29, 0.717) is 6.61 Å². The molecule has 0 spiro atoms. The minimum atomic E-state index is -2.43. The Morgan fingerprint density at radius 3 is 1.71 bits per heavy atom. The van der Waals surface area contributed by atoms with Crippen LogP contribution >= 0.6 is 15.9 Å². The van der Waals surface area contributed by atoms with Crippen molar-refractivity contribution in [2.45, 2.75) is 51.5 Å². The Kier molecular flexibility index (Phi) is 11.3. The second kappa shape index (κ2) is 13.7. The first-order valence-electron chi connectivity index (χ1n) is 11.3. The van der Waals surface area contributed by atoms with E-state index >= 15 is 0 Å². The molecule has 0 aliphatic heterocycles. The average Bonchev–Trinajstić information content (AvgIpc) is 2.77. The molecular weight excluding hydrogens is 460 g/mol. The fourth-order valence-corrected chi connectivity index (χ4v) is 8.68. The molecular formula is C28H37BrOSi. The molecule has 0 saturated carbocycles. The molecule has 0 bridgehead atoms. The van der Waals surface area contributed by atoms with Gasteiger partial charge in [-0.15, -0.1) is 0 Å². The zero-order chi connectivity index (χ0) is 22.4. The number of halogens is 1. The number of rotatable bonds is 12. The van der Waals surface area contributed by atoms with Gasteiger partial charge in [0, 0.05) is 5.33 Å². The molecule has 0 amide bonds. The summed E-state index contributed by atoms with van der Waals surface area (Å²) in [7, 11) is -2.43. The molecule has 0 aliphatic rings. The summed E-state index contributed by atoms with van der Waals surface area (Å²) >= 11 is 3.46. The van der Waals surface area contributed by atoms with Crippen LogP contribution in [0, 0.1) is 0 Å². The third kappa shape index (κ3) is 7.75. The van der Waals surface area contributed by atoms with Gasteiger partial charge >= 0.3 is 0 Å². The monoisotopic (exact) mass is 496 g/mol. The topological polar surface area (TPSA) is 9.23 Å². The SMILES string of the molecule is CC(C)(C)[Si](OC/C=C/C/C=C/C/C=C/CCCBr)(c1ccccc1)c1ccccc1. The summed E-state index contributed by atoms with van der Waals surface area (Å²) in [6.45, 7) is 7.58. The first-order valence-corrected chi connectivity index (χ1v) is 14.3. The first kappa shape index (κ1) is 25.6. The number of allylic oxidation sites excluding steroid dienone is 5. The molecule has 2 rings (SSSR count). The smallest absolute Gasteiger partial charge is 0.261 e. The van der Waals surface area contributed by atoms with Gasteiger partial charge in [0.25, 0.3) is 8.32 Å². The van der Waals surface area contributed by atoms with Gasteiger partial charge in [0.05, 0.1) is 6.61 Å². The van der Waals surface area contributed by atoms with Gasteiger partial charge in [-0.2, -0.15) is 0 Å². The zero-order valence-corrected chi connectivity index (χ0v) is 21.9. The second-order valence-electron chi connectivity index (χ2n) is 8.69. The van der Waals surface area contributed by atoms with E-state index in [1.165, 1.54) is 16.8 Å². The Morgan fingerprint density at radius 1 is 0.742 bits per heavy atom. The van der Waals surface area contributed by atoms with Crippen molar-refractivity contribution in [3.8, 4) is 0 Å². The molecule has 166 valence electrons. The summed E-state index contributed by atoms with van der Waals surface area (Å²) in [4.78, 5) is 0. The molecule has 0 unspecified atom stereocenters. The molecule has 2 aromatic rings. The van der Waals surface area contributed by atoms with E-state index in [-0.39, 0.29) is 5.04 Å². The van der Waals surface area contributed by atoms with E-state index in [0.717, 1.165) is 24.6 Å². The quantitative estimate of drug-likeness (QED) is 0.131. The van der Waals surface area contributed by atoms with E-state index < -0.39 is 8.32 Å². The predicted molar refractivity (Wildman–Crippen MR) is 143 cm³/mol. The van der Waals surface area contributed by atoms with E-state index in [2.05, 4.69) is 134 Å². The van der Waals surface area contributed by atoms with Gasteiger partial charge in [-0.1, -0.05) is 134 Å². The molecule has 3 heteroatoms. The van der Waals surface area contributed by atoms with Crippen LogP contribution in [-0.2, 0) is 4.43 Å². The molecule has 0 aromatic heterocycles. The molecule has 0 atom stereocenters. The number of hydrogen-bond donors (Lipinski definition) is 0. The molecule has 0 N–H and O–H groups in total. The van der Waals surface area contributed by atoms with Crippen LogP contribution < -0.4 is 10.4 Å². The van der Waals surface area contributed by atoms with E-state index in [4.69, 9.17) is 4.43 Å². The largest absolute Gasteiger partial charge is 0.404 e. The summed E-state index contributed by atoms with van der Waals surface area (Å²) in [6.07, 6.45) is 17.7. The molecule has 0 fully saturated rings. The van der Waals surface area contributed by atoms with E-state index in [1.807, 2.05) is 0 Å². The Bertz CT molecular complexity index is 780. The number of unbranched alkanes of at least 4 members (excludes halogenated alkanes) is 1. The van der Waals surface area contributed by atoms with Gasteiger partial charge in [-0.25, -0.2) is 0 Å². The number of hydrogen-bond acceptors (Lipinski definition) is 1. The molecule has 0 aliphatic carbocycles. The molecule has 0 radical (unpaired) electrons. The Hall–Kier alpha value is -1.68. The lowest BCUT2D eigenvalue weighted by atomic mass is 10.2. The van der Waals surface area contributed by atoms with Crippen LogP contribution in [0.15, 0.2) is 97.1 Å². The highest BCUT2D eigenvalue weighted by molar-refractivity contribution is 9.09. The van der Waals surface area contributed by atoms with Gasteiger partial charge in [0.15, 0.2) is 0 Å². The van der Waals surface area contributed by atoms with Crippen LogP contribution in [0.1, 0.15) is 46.5 Å². The van der Waals surface area contributed by atoms with Gasteiger partial charge < -0.3 is 4.43 Å². The Labute approximate surface area is 199 Å². The normalized spacial score (nSPS) is 13.0. The van der Waals surface area contributed by atoms with Crippen molar-refractivity contribution >= 4 is 34.6 Å². The van der Waals surface area contributed by atoms with Crippen molar-refractivity contribution in [1.29, 1.82) is 0 Å². The average molecular weight is 498 g/mol. The molecule has 31 heavy (non-hydrogen) atoms. The van der Waals surface area contributed by atoms with E-state index in [9.17, 15) is 0 Å². The third-order valence-electron chi connectivity index (χ3n) is 5.36. The van der Waals surface area contributed by atoms with Crippen LogP contribution in [0.3, 0.4) is 0 Å². The summed E-state index contributed by atoms with van der Waals surface area (Å²) in [5.41, 5.74) is 0. The van der Waals surface area contributed by atoms with Gasteiger partial charge in [0.1, 0.15) is 0 Å². The Morgan fingerprint density at radius 2 is 1.23 bits per heavy atom. The minimum absolute atomic E-state index is 0.0185. The van der Waals surface area contributed by atoms with Gasteiger partial charge in [0.2, 0.25) is 0 Å². The highest BCUT2D eigenvalue weighted by Crippen LogP contribution is 2.36. The number of benzene rings is 2. The van der Waals surface area contributed by atoms with Crippen molar-refractivity contribution in [2.24, 2.45) is 0 Å². The maximum absolute atomic E-state index is 6.86. The highest BCUT2D eigenvalue weighted by atomic mass is 79.9. The summed E-state index contributed by atoms with van der Waals surface area (Å²) in [5, 5.41) is 3.75. The summed E-state index contributed by atoms with van der Waals surface area (Å²) < 4.78 is 6.86. The lowest BCUT2D eigenvalue weighted by Crippen LogP contribution is -2.66. The van der Waals surface area contributed by atoms with Gasteiger partial charge in [-0.3, -0.25) is 0 Å². The molecule has 0 heterocycles. The van der Waals surface area contributed by atoms with Crippen LogP contribution in [0.2, 0.25) is 5.04 Å².